The molecular formula is C13H19NO3. The molecule has 0 saturated heterocycles. The second-order valence-corrected chi connectivity index (χ2v) is 3.96. The lowest BCUT2D eigenvalue weighted by atomic mass is 10.0. The first kappa shape index (κ1) is 13.4. The van der Waals surface area contributed by atoms with Gasteiger partial charge in [-0.15, -0.1) is 0 Å². The van der Waals surface area contributed by atoms with Crippen LogP contribution in [0.2, 0.25) is 0 Å². The zero-order chi connectivity index (χ0) is 12.8. The van der Waals surface area contributed by atoms with E-state index in [0.29, 0.717) is 24.0 Å². The Hall–Kier alpha value is -1.71. The number of rotatable bonds is 4. The third-order valence-electron chi connectivity index (χ3n) is 2.40. The second-order valence-electron chi connectivity index (χ2n) is 3.96. The van der Waals surface area contributed by atoms with E-state index in [0.717, 1.165) is 5.56 Å². The molecule has 0 aromatic heterocycles. The average Bonchev–Trinajstić information content (AvgIpc) is 2.29. The number of methoxy groups -OCH3 is 1. The predicted octanol–water partition coefficient (Wildman–Crippen LogP) is 3.39. The molecule has 0 atom stereocenters. The molecule has 4 heteroatoms. The van der Waals surface area contributed by atoms with E-state index in [4.69, 9.17) is 9.47 Å². The summed E-state index contributed by atoms with van der Waals surface area (Å²) in [6, 6.07) is 5.73. The summed E-state index contributed by atoms with van der Waals surface area (Å²) in [6.07, 6.45) is -0.466. The Morgan fingerprint density at radius 1 is 1.41 bits per heavy atom. The molecule has 1 rings (SSSR count). The van der Waals surface area contributed by atoms with Gasteiger partial charge in [0.25, 0.3) is 0 Å². The summed E-state index contributed by atoms with van der Waals surface area (Å²) in [5.74, 6) is 1.02. The fourth-order valence-electron chi connectivity index (χ4n) is 1.46. The lowest BCUT2D eigenvalue weighted by Gasteiger charge is -2.13. The molecule has 0 fully saturated rings. The van der Waals surface area contributed by atoms with E-state index in [1.54, 1.807) is 14.0 Å². The summed E-state index contributed by atoms with van der Waals surface area (Å²) in [5, 5.41) is 2.67. The standard InChI is InChI=1S/C13H19NO3/c1-5-17-13(15)14-11-8-10(9(2)3)6-7-12(11)16-4/h6-9H,5H2,1-4H3,(H,14,15). The largest absolute Gasteiger partial charge is 0.495 e. The monoisotopic (exact) mass is 237 g/mol. The average molecular weight is 237 g/mol. The van der Waals surface area contributed by atoms with E-state index in [9.17, 15) is 4.79 Å². The van der Waals surface area contributed by atoms with Gasteiger partial charge in [-0.05, 0) is 30.5 Å². The molecule has 0 spiro atoms. The van der Waals surface area contributed by atoms with Crippen molar-refractivity contribution < 1.29 is 14.3 Å². The lowest BCUT2D eigenvalue weighted by molar-refractivity contribution is 0.168. The van der Waals surface area contributed by atoms with Crippen LogP contribution in [0.15, 0.2) is 18.2 Å². The van der Waals surface area contributed by atoms with E-state index in [1.165, 1.54) is 0 Å². The van der Waals surface area contributed by atoms with E-state index in [-0.39, 0.29) is 0 Å². The number of amides is 1. The summed E-state index contributed by atoms with van der Waals surface area (Å²) >= 11 is 0. The minimum absolute atomic E-state index is 0.345. The van der Waals surface area contributed by atoms with Gasteiger partial charge in [-0.3, -0.25) is 5.32 Å². The Morgan fingerprint density at radius 2 is 2.12 bits per heavy atom. The van der Waals surface area contributed by atoms with Gasteiger partial charge in [-0.25, -0.2) is 4.79 Å². The van der Waals surface area contributed by atoms with Gasteiger partial charge >= 0.3 is 6.09 Å². The molecule has 0 aliphatic carbocycles. The zero-order valence-electron chi connectivity index (χ0n) is 10.7. The van der Waals surface area contributed by atoms with Crippen LogP contribution in [-0.2, 0) is 4.74 Å². The molecule has 0 heterocycles. The van der Waals surface area contributed by atoms with E-state index >= 15 is 0 Å². The van der Waals surface area contributed by atoms with Crippen LogP contribution in [0, 0.1) is 0 Å². The van der Waals surface area contributed by atoms with Crippen molar-refractivity contribution in [3.05, 3.63) is 23.8 Å². The smallest absolute Gasteiger partial charge is 0.411 e. The number of anilines is 1. The Balaban J connectivity index is 2.93. The number of carbonyl (C=O) groups is 1. The fourth-order valence-corrected chi connectivity index (χ4v) is 1.46. The van der Waals surface area contributed by atoms with Gasteiger partial charge in [0.1, 0.15) is 5.75 Å². The van der Waals surface area contributed by atoms with Crippen LogP contribution in [0.25, 0.3) is 0 Å². The maximum atomic E-state index is 11.4. The van der Waals surface area contributed by atoms with Crippen molar-refractivity contribution >= 4 is 11.8 Å². The van der Waals surface area contributed by atoms with Crippen LogP contribution < -0.4 is 10.1 Å². The van der Waals surface area contributed by atoms with Gasteiger partial charge in [-0.1, -0.05) is 19.9 Å². The van der Waals surface area contributed by atoms with Crippen molar-refractivity contribution in [2.75, 3.05) is 19.0 Å². The quantitative estimate of drug-likeness (QED) is 0.873. The maximum absolute atomic E-state index is 11.4. The molecule has 0 radical (unpaired) electrons. The summed E-state index contributed by atoms with van der Waals surface area (Å²) in [7, 11) is 1.57. The number of hydrogen-bond acceptors (Lipinski definition) is 3. The molecule has 4 nitrogen and oxygen atoms in total. The molecule has 0 aliphatic heterocycles. The topological polar surface area (TPSA) is 47.6 Å². The molecule has 1 amide bonds. The van der Waals surface area contributed by atoms with Crippen LogP contribution in [0.1, 0.15) is 32.3 Å². The molecule has 94 valence electrons. The van der Waals surface area contributed by atoms with Gasteiger partial charge in [0.15, 0.2) is 0 Å². The molecule has 1 aromatic carbocycles. The minimum Gasteiger partial charge on any atom is -0.495 e. The van der Waals surface area contributed by atoms with Gasteiger partial charge in [0, 0.05) is 0 Å². The van der Waals surface area contributed by atoms with E-state index < -0.39 is 6.09 Å². The Bertz CT molecular complexity index is 388. The Morgan fingerprint density at radius 3 is 2.65 bits per heavy atom. The SMILES string of the molecule is CCOC(=O)Nc1cc(C(C)C)ccc1OC. The highest BCUT2D eigenvalue weighted by Gasteiger charge is 2.10. The highest BCUT2D eigenvalue weighted by molar-refractivity contribution is 5.86. The molecule has 1 N–H and O–H groups in total. The first-order chi connectivity index (χ1) is 8.08. The van der Waals surface area contributed by atoms with E-state index in [2.05, 4.69) is 19.2 Å². The summed E-state index contributed by atoms with van der Waals surface area (Å²) in [4.78, 5) is 11.4. The molecule has 17 heavy (non-hydrogen) atoms. The van der Waals surface area contributed by atoms with Crippen molar-refractivity contribution in [3.8, 4) is 5.75 Å². The predicted molar refractivity (Wildman–Crippen MR) is 67.7 cm³/mol. The minimum atomic E-state index is -0.466. The molecule has 0 saturated carbocycles. The summed E-state index contributed by atoms with van der Waals surface area (Å²) in [6.45, 7) is 6.30. The number of nitrogens with one attached hydrogen (secondary N) is 1. The number of benzene rings is 1. The first-order valence-corrected chi connectivity index (χ1v) is 5.70. The molecule has 0 unspecified atom stereocenters. The third kappa shape index (κ3) is 3.66. The van der Waals surface area contributed by atoms with Gasteiger partial charge < -0.3 is 9.47 Å². The maximum Gasteiger partial charge on any atom is 0.411 e. The second kappa shape index (κ2) is 6.13. The van der Waals surface area contributed by atoms with Crippen molar-refractivity contribution in [2.45, 2.75) is 26.7 Å². The van der Waals surface area contributed by atoms with Crippen LogP contribution in [0.3, 0.4) is 0 Å². The lowest BCUT2D eigenvalue weighted by Crippen LogP contribution is -2.14. The van der Waals surface area contributed by atoms with Crippen molar-refractivity contribution in [3.63, 3.8) is 0 Å². The van der Waals surface area contributed by atoms with Crippen molar-refractivity contribution in [1.29, 1.82) is 0 Å². The molecule has 0 bridgehead atoms. The first-order valence-electron chi connectivity index (χ1n) is 5.70. The van der Waals surface area contributed by atoms with Crippen LogP contribution in [-0.4, -0.2) is 19.8 Å². The van der Waals surface area contributed by atoms with E-state index in [1.807, 2.05) is 18.2 Å². The molecule has 0 aliphatic rings. The third-order valence-corrected chi connectivity index (χ3v) is 2.40. The molecular weight excluding hydrogens is 218 g/mol. The number of hydrogen-bond donors (Lipinski definition) is 1. The van der Waals surface area contributed by atoms with Gasteiger partial charge in [-0.2, -0.15) is 0 Å². The van der Waals surface area contributed by atoms with Crippen LogP contribution in [0.4, 0.5) is 10.5 Å². The van der Waals surface area contributed by atoms with Crippen LogP contribution in [0.5, 0.6) is 5.75 Å². The van der Waals surface area contributed by atoms with Crippen molar-refractivity contribution in [2.24, 2.45) is 0 Å². The Labute approximate surface area is 102 Å². The molecule has 1 aromatic rings. The van der Waals surface area contributed by atoms with Gasteiger partial charge in [0.05, 0.1) is 19.4 Å². The Kier molecular flexibility index (Phi) is 4.82. The summed E-state index contributed by atoms with van der Waals surface area (Å²) < 4.78 is 10.0. The summed E-state index contributed by atoms with van der Waals surface area (Å²) in [5.41, 5.74) is 1.77. The fraction of sp³-hybridized carbons (Fsp3) is 0.462. The number of ether oxygens (including phenoxy) is 2. The number of carbonyl (C=O) groups excluding carboxylic acids is 1. The highest BCUT2D eigenvalue weighted by Crippen LogP contribution is 2.28. The highest BCUT2D eigenvalue weighted by atomic mass is 16.5. The van der Waals surface area contributed by atoms with Gasteiger partial charge in [0.2, 0.25) is 0 Å². The van der Waals surface area contributed by atoms with Crippen molar-refractivity contribution in [1.82, 2.24) is 0 Å². The zero-order valence-corrected chi connectivity index (χ0v) is 10.7. The van der Waals surface area contributed by atoms with Crippen LogP contribution >= 0.6 is 0 Å². The normalized spacial score (nSPS) is 10.2.